The van der Waals surface area contributed by atoms with Gasteiger partial charge in [-0.25, -0.2) is 9.97 Å². The summed E-state index contributed by atoms with van der Waals surface area (Å²) in [6.45, 7) is 1.80. The van der Waals surface area contributed by atoms with Crippen molar-refractivity contribution in [1.29, 1.82) is 0 Å². The van der Waals surface area contributed by atoms with E-state index in [-0.39, 0.29) is 17.3 Å². The molecule has 2 aromatic heterocycles. The molecule has 4 rings (SSSR count). The summed E-state index contributed by atoms with van der Waals surface area (Å²) in [4.78, 5) is 34.8. The van der Waals surface area contributed by atoms with Crippen molar-refractivity contribution in [3.05, 3.63) is 40.5 Å². The van der Waals surface area contributed by atoms with Crippen molar-refractivity contribution >= 4 is 51.2 Å². The molecule has 0 aliphatic heterocycles. The van der Waals surface area contributed by atoms with Crippen LogP contribution < -0.4 is 5.32 Å². The molecule has 28 heavy (non-hydrogen) atoms. The zero-order valence-corrected chi connectivity index (χ0v) is 16.9. The molecular weight excluding hydrogens is 394 g/mol. The Morgan fingerprint density at radius 1 is 1.32 bits per heavy atom. The molecule has 0 saturated heterocycles. The standard InChI is InChI=1S/C20H19N3O3S2/c1-11(18(26)23-14-8-12(9-24)6-7-15(14)25)27-19-17-13-4-2-3-5-16(13)28-20(17)22-10-21-19/h6-11,25H,2-5H2,1H3,(H,23,26). The number of phenolic OH excluding ortho intramolecular Hbond substituents is 1. The topological polar surface area (TPSA) is 92.2 Å². The Morgan fingerprint density at radius 3 is 2.96 bits per heavy atom. The third kappa shape index (κ3) is 3.62. The molecule has 1 atom stereocenters. The zero-order chi connectivity index (χ0) is 19.7. The maximum atomic E-state index is 12.7. The highest BCUT2D eigenvalue weighted by Gasteiger charge is 2.23. The quantitative estimate of drug-likeness (QED) is 0.282. The van der Waals surface area contributed by atoms with Gasteiger partial charge in [-0.05, 0) is 56.4 Å². The Bertz CT molecular complexity index is 1060. The van der Waals surface area contributed by atoms with Crippen molar-refractivity contribution in [1.82, 2.24) is 9.97 Å². The van der Waals surface area contributed by atoms with Gasteiger partial charge in [0, 0.05) is 15.8 Å². The van der Waals surface area contributed by atoms with E-state index in [9.17, 15) is 14.7 Å². The number of nitrogens with one attached hydrogen (secondary N) is 1. The van der Waals surface area contributed by atoms with E-state index in [1.54, 1.807) is 24.6 Å². The van der Waals surface area contributed by atoms with E-state index in [4.69, 9.17) is 0 Å². The van der Waals surface area contributed by atoms with Gasteiger partial charge in [0.25, 0.3) is 0 Å². The minimum Gasteiger partial charge on any atom is -0.506 e. The fourth-order valence-electron chi connectivity index (χ4n) is 3.33. The second-order valence-corrected chi connectivity index (χ2v) is 9.13. The van der Waals surface area contributed by atoms with E-state index >= 15 is 0 Å². The van der Waals surface area contributed by atoms with Crippen LogP contribution >= 0.6 is 23.1 Å². The zero-order valence-electron chi connectivity index (χ0n) is 15.3. The first-order valence-electron chi connectivity index (χ1n) is 9.07. The molecule has 2 heterocycles. The lowest BCUT2D eigenvalue weighted by Gasteiger charge is -2.14. The van der Waals surface area contributed by atoms with Crippen LogP contribution in [-0.4, -0.2) is 32.5 Å². The second kappa shape index (κ2) is 7.89. The molecule has 1 aliphatic rings. The number of hydrogen-bond donors (Lipinski definition) is 2. The van der Waals surface area contributed by atoms with Crippen LogP contribution in [0.25, 0.3) is 10.2 Å². The average molecular weight is 414 g/mol. The highest BCUT2D eigenvalue weighted by atomic mass is 32.2. The number of nitrogens with zero attached hydrogens (tertiary/aromatic N) is 2. The van der Waals surface area contributed by atoms with Gasteiger partial charge < -0.3 is 10.4 Å². The summed E-state index contributed by atoms with van der Waals surface area (Å²) < 4.78 is 0. The molecule has 1 aromatic carbocycles. The number of amides is 1. The van der Waals surface area contributed by atoms with Gasteiger partial charge in [-0.1, -0.05) is 11.8 Å². The molecule has 1 amide bonds. The Morgan fingerprint density at radius 2 is 2.14 bits per heavy atom. The summed E-state index contributed by atoms with van der Waals surface area (Å²) in [6.07, 6.45) is 6.71. The fraction of sp³-hybridized carbons (Fsp3) is 0.300. The number of fused-ring (bicyclic) bond motifs is 3. The molecule has 144 valence electrons. The van der Waals surface area contributed by atoms with Gasteiger partial charge in [-0.15, -0.1) is 11.3 Å². The average Bonchev–Trinajstić information content (AvgIpc) is 3.09. The van der Waals surface area contributed by atoms with Crippen molar-refractivity contribution in [3.8, 4) is 5.75 Å². The predicted octanol–water partition coefficient (Wildman–Crippen LogP) is 4.21. The number of phenols is 1. The van der Waals surface area contributed by atoms with E-state index in [0.29, 0.717) is 11.8 Å². The second-order valence-electron chi connectivity index (χ2n) is 6.71. The molecule has 0 fully saturated rings. The Kier molecular flexibility index (Phi) is 5.32. The first-order chi connectivity index (χ1) is 13.6. The van der Waals surface area contributed by atoms with Crippen LogP contribution in [0, 0.1) is 0 Å². The van der Waals surface area contributed by atoms with E-state index in [1.807, 2.05) is 0 Å². The maximum absolute atomic E-state index is 12.7. The van der Waals surface area contributed by atoms with Crippen molar-refractivity contribution in [3.63, 3.8) is 0 Å². The molecule has 6 nitrogen and oxygen atoms in total. The molecule has 0 bridgehead atoms. The van der Waals surface area contributed by atoms with Gasteiger partial charge in [0.1, 0.15) is 28.2 Å². The van der Waals surface area contributed by atoms with Gasteiger partial charge in [0.2, 0.25) is 5.91 Å². The number of carbonyl (C=O) groups is 2. The number of thiophene rings is 1. The van der Waals surface area contributed by atoms with Crippen molar-refractivity contribution < 1.29 is 14.7 Å². The SMILES string of the molecule is CC(Sc1ncnc2sc3c(c12)CCCC3)C(=O)Nc1cc(C=O)ccc1O. The molecule has 3 aromatic rings. The van der Waals surface area contributed by atoms with Crippen LogP contribution in [0.1, 0.15) is 40.6 Å². The molecule has 0 saturated carbocycles. The third-order valence-electron chi connectivity index (χ3n) is 4.79. The number of benzene rings is 1. The van der Waals surface area contributed by atoms with E-state index in [2.05, 4.69) is 15.3 Å². The molecule has 0 radical (unpaired) electrons. The van der Waals surface area contributed by atoms with Gasteiger partial charge >= 0.3 is 0 Å². The summed E-state index contributed by atoms with van der Waals surface area (Å²) in [7, 11) is 0. The van der Waals surface area contributed by atoms with Crippen LogP contribution in [-0.2, 0) is 17.6 Å². The van der Waals surface area contributed by atoms with Gasteiger partial charge in [-0.3, -0.25) is 9.59 Å². The number of carbonyl (C=O) groups excluding carboxylic acids is 2. The van der Waals surface area contributed by atoms with E-state index < -0.39 is 5.25 Å². The lowest BCUT2D eigenvalue weighted by atomic mass is 9.97. The number of aromatic hydroxyl groups is 1. The van der Waals surface area contributed by atoms with Crippen LogP contribution in [0.2, 0.25) is 0 Å². The minimum atomic E-state index is -0.434. The lowest BCUT2D eigenvalue weighted by molar-refractivity contribution is -0.115. The van der Waals surface area contributed by atoms with Crippen molar-refractivity contribution in [2.45, 2.75) is 42.9 Å². The van der Waals surface area contributed by atoms with Crippen molar-refractivity contribution in [2.24, 2.45) is 0 Å². The Balaban J connectivity index is 1.57. The maximum Gasteiger partial charge on any atom is 0.237 e. The molecular formula is C20H19N3O3S2. The summed E-state index contributed by atoms with van der Waals surface area (Å²) in [5.41, 5.74) is 1.94. The highest BCUT2D eigenvalue weighted by molar-refractivity contribution is 8.00. The van der Waals surface area contributed by atoms with Crippen LogP contribution in [0.5, 0.6) is 5.75 Å². The van der Waals surface area contributed by atoms with E-state index in [0.717, 1.165) is 28.1 Å². The number of hydrogen-bond acceptors (Lipinski definition) is 7. The van der Waals surface area contributed by atoms with Gasteiger partial charge in [0.15, 0.2) is 0 Å². The summed E-state index contributed by atoms with van der Waals surface area (Å²) >= 11 is 3.11. The molecule has 1 aliphatic carbocycles. The number of anilines is 1. The van der Waals surface area contributed by atoms with E-state index in [1.165, 1.54) is 53.2 Å². The first kappa shape index (κ1) is 18.9. The third-order valence-corrected chi connectivity index (χ3v) is 7.09. The largest absolute Gasteiger partial charge is 0.506 e. The van der Waals surface area contributed by atoms with Crippen molar-refractivity contribution in [2.75, 3.05) is 5.32 Å². The lowest BCUT2D eigenvalue weighted by Crippen LogP contribution is -2.22. The monoisotopic (exact) mass is 413 g/mol. The summed E-state index contributed by atoms with van der Waals surface area (Å²) in [5.74, 6) is -0.341. The normalized spacial score (nSPS) is 14.5. The molecule has 2 N–H and O–H groups in total. The Labute approximate surface area is 170 Å². The summed E-state index contributed by atoms with van der Waals surface area (Å²) in [5, 5.41) is 14.1. The van der Waals surface area contributed by atoms with Crippen LogP contribution in [0.4, 0.5) is 5.69 Å². The predicted molar refractivity (Wildman–Crippen MR) is 112 cm³/mol. The number of aromatic nitrogens is 2. The smallest absolute Gasteiger partial charge is 0.237 e. The van der Waals surface area contributed by atoms with Crippen LogP contribution in [0.3, 0.4) is 0 Å². The fourth-order valence-corrected chi connectivity index (χ4v) is 5.57. The Hall–Kier alpha value is -2.45. The molecule has 1 unspecified atom stereocenters. The van der Waals surface area contributed by atoms with Crippen LogP contribution in [0.15, 0.2) is 29.6 Å². The number of aldehydes is 1. The number of thioether (sulfide) groups is 1. The minimum absolute atomic E-state index is 0.0764. The van der Waals surface area contributed by atoms with Gasteiger partial charge in [0.05, 0.1) is 10.9 Å². The molecule has 8 heteroatoms. The summed E-state index contributed by atoms with van der Waals surface area (Å²) in [6, 6.07) is 4.34. The first-order valence-corrected chi connectivity index (χ1v) is 10.8. The number of rotatable bonds is 5. The van der Waals surface area contributed by atoms with Gasteiger partial charge in [-0.2, -0.15) is 0 Å². The molecule has 0 spiro atoms. The number of aryl methyl sites for hydroxylation is 2. The highest BCUT2D eigenvalue weighted by Crippen LogP contribution is 2.40.